The SMILES string of the molecule is COc1ccc(C(=O)NN2C(=O)[C@@H]3[C@@H](C2=O)[C@H]2C=C[C@H]3C2)cc1OC. The zero-order valence-electron chi connectivity index (χ0n) is 13.9. The van der Waals surface area contributed by atoms with Gasteiger partial charge >= 0.3 is 0 Å². The molecule has 0 spiro atoms. The minimum atomic E-state index is -0.539. The summed E-state index contributed by atoms with van der Waals surface area (Å²) in [6.45, 7) is 0. The lowest BCUT2D eigenvalue weighted by Crippen LogP contribution is -2.47. The number of imide groups is 1. The number of nitrogens with one attached hydrogen (secondary N) is 1. The van der Waals surface area contributed by atoms with Crippen LogP contribution in [0.4, 0.5) is 0 Å². The summed E-state index contributed by atoms with van der Waals surface area (Å²) < 4.78 is 10.3. The highest BCUT2D eigenvalue weighted by molar-refractivity contribution is 6.08. The number of nitrogens with zero attached hydrogens (tertiary/aromatic N) is 1. The monoisotopic (exact) mass is 342 g/mol. The molecule has 1 N–H and O–H groups in total. The second-order valence-electron chi connectivity index (χ2n) is 6.52. The smallest absolute Gasteiger partial charge is 0.270 e. The Kier molecular flexibility index (Phi) is 3.52. The third-order valence-corrected chi connectivity index (χ3v) is 5.33. The van der Waals surface area contributed by atoms with Gasteiger partial charge in [0.15, 0.2) is 11.5 Å². The van der Waals surface area contributed by atoms with Gasteiger partial charge in [0, 0.05) is 5.56 Å². The predicted octanol–water partition coefficient (Wildman–Crippen LogP) is 1.16. The second-order valence-corrected chi connectivity index (χ2v) is 6.52. The second kappa shape index (κ2) is 5.61. The quantitative estimate of drug-likeness (QED) is 0.655. The molecule has 1 aliphatic heterocycles. The highest BCUT2D eigenvalue weighted by Gasteiger charge is 2.59. The van der Waals surface area contributed by atoms with E-state index in [1.165, 1.54) is 20.3 Å². The molecule has 1 saturated heterocycles. The molecule has 0 radical (unpaired) electrons. The van der Waals surface area contributed by atoms with Crippen LogP contribution in [0.5, 0.6) is 11.5 Å². The standard InChI is InChI=1S/C18H18N2O5/c1-24-12-6-5-11(8-13(12)25-2)16(21)19-20-17(22)14-9-3-4-10(7-9)15(14)18(20)23/h3-6,8-10,14-15H,7H2,1-2H3,(H,19,21)/t9-,10-,14-,15-/m0/s1. The summed E-state index contributed by atoms with van der Waals surface area (Å²) in [5.41, 5.74) is 2.73. The Balaban J connectivity index is 1.54. The first-order valence-corrected chi connectivity index (χ1v) is 8.14. The molecule has 0 unspecified atom stereocenters. The van der Waals surface area contributed by atoms with Crippen molar-refractivity contribution in [2.24, 2.45) is 23.7 Å². The van der Waals surface area contributed by atoms with Crippen molar-refractivity contribution in [3.63, 3.8) is 0 Å². The number of amides is 3. The molecule has 0 aromatic heterocycles. The van der Waals surface area contributed by atoms with Gasteiger partial charge in [-0.1, -0.05) is 12.2 Å². The average Bonchev–Trinajstić information content (AvgIpc) is 3.31. The molecule has 2 fully saturated rings. The Hall–Kier alpha value is -2.83. The third-order valence-electron chi connectivity index (χ3n) is 5.33. The van der Waals surface area contributed by atoms with Crippen LogP contribution in [0.3, 0.4) is 0 Å². The van der Waals surface area contributed by atoms with E-state index in [4.69, 9.17) is 9.47 Å². The van der Waals surface area contributed by atoms with Crippen molar-refractivity contribution >= 4 is 17.7 Å². The number of carbonyl (C=O) groups excluding carboxylic acids is 3. The van der Waals surface area contributed by atoms with Gasteiger partial charge in [-0.3, -0.25) is 19.8 Å². The van der Waals surface area contributed by atoms with Gasteiger partial charge < -0.3 is 9.47 Å². The van der Waals surface area contributed by atoms with E-state index in [2.05, 4.69) is 5.43 Å². The fourth-order valence-electron chi connectivity index (χ4n) is 4.16. The van der Waals surface area contributed by atoms with Gasteiger partial charge in [-0.05, 0) is 36.5 Å². The summed E-state index contributed by atoms with van der Waals surface area (Å²) in [4.78, 5) is 37.7. The Labute approximate surface area is 144 Å². The Morgan fingerprint density at radius 1 is 1.04 bits per heavy atom. The molecule has 7 nitrogen and oxygen atoms in total. The Morgan fingerprint density at radius 2 is 1.64 bits per heavy atom. The maximum absolute atomic E-state index is 12.6. The maximum atomic E-state index is 12.6. The third kappa shape index (κ3) is 2.22. The summed E-state index contributed by atoms with van der Waals surface area (Å²) >= 11 is 0. The first kappa shape index (κ1) is 15.7. The number of ether oxygens (including phenoxy) is 2. The average molecular weight is 342 g/mol. The molecule has 1 aromatic carbocycles. The van der Waals surface area contributed by atoms with Gasteiger partial charge in [-0.25, -0.2) is 0 Å². The van der Waals surface area contributed by atoms with Crippen LogP contribution < -0.4 is 14.9 Å². The number of methoxy groups -OCH3 is 2. The van der Waals surface area contributed by atoms with Crippen molar-refractivity contribution in [1.82, 2.24) is 10.4 Å². The first-order valence-electron chi connectivity index (χ1n) is 8.14. The largest absolute Gasteiger partial charge is 0.493 e. The maximum Gasteiger partial charge on any atom is 0.270 e. The molecule has 1 saturated carbocycles. The van der Waals surface area contributed by atoms with Crippen molar-refractivity contribution in [2.45, 2.75) is 6.42 Å². The van der Waals surface area contributed by atoms with Gasteiger partial charge in [0.1, 0.15) is 0 Å². The van der Waals surface area contributed by atoms with Crippen LogP contribution in [-0.2, 0) is 9.59 Å². The Morgan fingerprint density at radius 3 is 2.20 bits per heavy atom. The molecule has 3 amide bonds. The fourth-order valence-corrected chi connectivity index (χ4v) is 4.16. The lowest BCUT2D eigenvalue weighted by molar-refractivity contribution is -0.143. The summed E-state index contributed by atoms with van der Waals surface area (Å²) in [5, 5.41) is 0.889. The molecular formula is C18H18N2O5. The van der Waals surface area contributed by atoms with Gasteiger partial charge in [-0.2, -0.15) is 5.01 Å². The highest BCUT2D eigenvalue weighted by atomic mass is 16.5. The molecule has 130 valence electrons. The molecule has 1 aromatic rings. The number of rotatable bonds is 4. The molecule has 1 heterocycles. The van der Waals surface area contributed by atoms with E-state index in [1.54, 1.807) is 12.1 Å². The minimum Gasteiger partial charge on any atom is -0.493 e. The van der Waals surface area contributed by atoms with Crippen molar-refractivity contribution in [3.05, 3.63) is 35.9 Å². The fraction of sp³-hybridized carbons (Fsp3) is 0.389. The number of hydrogen-bond acceptors (Lipinski definition) is 5. The molecule has 7 heteroatoms. The van der Waals surface area contributed by atoms with E-state index < -0.39 is 5.91 Å². The highest BCUT2D eigenvalue weighted by Crippen LogP contribution is 2.52. The van der Waals surface area contributed by atoms with Gasteiger partial charge in [-0.15, -0.1) is 0 Å². The van der Waals surface area contributed by atoms with Crippen molar-refractivity contribution in [1.29, 1.82) is 0 Å². The zero-order valence-corrected chi connectivity index (χ0v) is 13.9. The van der Waals surface area contributed by atoms with Crippen LogP contribution in [0.2, 0.25) is 0 Å². The summed E-state index contributed by atoms with van der Waals surface area (Å²) in [5.74, 6) is -0.757. The summed E-state index contributed by atoms with van der Waals surface area (Å²) in [6, 6.07) is 4.65. The molecule has 2 bridgehead atoms. The van der Waals surface area contributed by atoms with E-state index in [-0.39, 0.29) is 41.0 Å². The van der Waals surface area contributed by atoms with E-state index in [1.807, 2.05) is 12.2 Å². The Bertz CT molecular complexity index is 773. The molecular weight excluding hydrogens is 324 g/mol. The topological polar surface area (TPSA) is 84.9 Å². The molecule has 3 aliphatic rings. The van der Waals surface area contributed by atoms with E-state index in [9.17, 15) is 14.4 Å². The number of fused-ring (bicyclic) bond motifs is 5. The lowest BCUT2D eigenvalue weighted by Gasteiger charge is -2.18. The first-order chi connectivity index (χ1) is 12.0. The van der Waals surface area contributed by atoms with Crippen LogP contribution in [0.15, 0.2) is 30.4 Å². The normalized spacial score (nSPS) is 29.1. The van der Waals surface area contributed by atoms with Crippen LogP contribution >= 0.6 is 0 Å². The van der Waals surface area contributed by atoms with E-state index in [0.717, 1.165) is 11.4 Å². The van der Waals surface area contributed by atoms with Crippen molar-refractivity contribution in [3.8, 4) is 11.5 Å². The molecule has 2 aliphatic carbocycles. The van der Waals surface area contributed by atoms with E-state index in [0.29, 0.717) is 11.5 Å². The van der Waals surface area contributed by atoms with Crippen LogP contribution in [0, 0.1) is 23.7 Å². The van der Waals surface area contributed by atoms with Crippen LogP contribution in [0.1, 0.15) is 16.8 Å². The number of carbonyl (C=O) groups is 3. The molecule has 4 rings (SSSR count). The van der Waals surface area contributed by atoms with Gasteiger partial charge in [0.25, 0.3) is 17.7 Å². The summed E-state index contributed by atoms with van der Waals surface area (Å²) in [6.07, 6.45) is 4.87. The summed E-state index contributed by atoms with van der Waals surface area (Å²) in [7, 11) is 2.97. The lowest BCUT2D eigenvalue weighted by atomic mass is 9.85. The number of allylic oxidation sites excluding steroid dienone is 2. The van der Waals surface area contributed by atoms with Crippen LogP contribution in [-0.4, -0.2) is 37.0 Å². The number of hydrogen-bond donors (Lipinski definition) is 1. The number of benzene rings is 1. The molecule has 4 atom stereocenters. The molecule has 25 heavy (non-hydrogen) atoms. The van der Waals surface area contributed by atoms with Gasteiger partial charge in [0.05, 0.1) is 26.1 Å². The minimum absolute atomic E-state index is 0.106. The van der Waals surface area contributed by atoms with Crippen LogP contribution in [0.25, 0.3) is 0 Å². The van der Waals surface area contributed by atoms with Gasteiger partial charge in [0.2, 0.25) is 0 Å². The van der Waals surface area contributed by atoms with E-state index >= 15 is 0 Å². The number of hydrazine groups is 1. The van der Waals surface area contributed by atoms with Crippen molar-refractivity contribution in [2.75, 3.05) is 14.2 Å². The zero-order chi connectivity index (χ0) is 17.7. The van der Waals surface area contributed by atoms with Crippen molar-refractivity contribution < 1.29 is 23.9 Å². The predicted molar refractivity (Wildman–Crippen MR) is 86.6 cm³/mol.